The summed E-state index contributed by atoms with van der Waals surface area (Å²) in [5, 5.41) is 20.0. The summed E-state index contributed by atoms with van der Waals surface area (Å²) in [6, 6.07) is 12.3. The third kappa shape index (κ3) is 3.00. The molecule has 0 radical (unpaired) electrons. The highest BCUT2D eigenvalue weighted by Gasteiger charge is 2.25. The van der Waals surface area contributed by atoms with Gasteiger partial charge in [0.1, 0.15) is 17.8 Å². The molecule has 2 aromatic rings. The molecule has 0 saturated heterocycles. The van der Waals surface area contributed by atoms with E-state index < -0.39 is 6.92 Å². The minimum absolute atomic E-state index is 0.144. The van der Waals surface area contributed by atoms with Crippen molar-refractivity contribution in [2.45, 2.75) is 6.32 Å². The molecule has 20 heavy (non-hydrogen) atoms. The van der Waals surface area contributed by atoms with Gasteiger partial charge in [0.05, 0.1) is 0 Å². The average molecular weight is 270 g/mol. The van der Waals surface area contributed by atoms with Crippen molar-refractivity contribution < 1.29 is 19.7 Å². The van der Waals surface area contributed by atoms with Crippen LogP contribution >= 0.6 is 0 Å². The summed E-state index contributed by atoms with van der Waals surface area (Å²) in [4.78, 5) is 10.7. The van der Waals surface area contributed by atoms with Crippen molar-refractivity contribution in [1.29, 1.82) is 0 Å². The van der Waals surface area contributed by atoms with Crippen LogP contribution in [0.4, 0.5) is 0 Å². The second-order valence-corrected chi connectivity index (χ2v) is 4.50. The third-order valence-electron chi connectivity index (χ3n) is 3.17. The zero-order valence-corrected chi connectivity index (χ0v) is 11.1. The van der Waals surface area contributed by atoms with Gasteiger partial charge in [-0.25, -0.2) is 0 Å². The molecule has 0 aliphatic rings. The number of benzene rings is 2. The lowest BCUT2D eigenvalue weighted by Gasteiger charge is -2.15. The molecule has 0 aliphatic carbocycles. The highest BCUT2D eigenvalue weighted by Crippen LogP contribution is 2.20. The number of hydrogen-bond acceptors (Lipinski definition) is 4. The first-order chi connectivity index (χ1) is 9.65. The van der Waals surface area contributed by atoms with Crippen LogP contribution in [-0.2, 0) is 11.0 Å². The van der Waals surface area contributed by atoms with Crippen LogP contribution in [0.25, 0.3) is 0 Å². The maximum Gasteiger partial charge on any atom is 0.338 e. The van der Waals surface area contributed by atoms with Gasteiger partial charge in [0.25, 0.3) is 0 Å². The van der Waals surface area contributed by atoms with Crippen LogP contribution in [0.2, 0.25) is 0 Å². The molecule has 0 atom stereocenters. The average Bonchev–Trinajstić information content (AvgIpc) is 2.46. The molecule has 0 heterocycles. The number of carbonyl (C=O) groups excluding carboxylic acids is 1. The van der Waals surface area contributed by atoms with Crippen LogP contribution < -0.4 is 5.46 Å². The topological polar surface area (TPSA) is 66.8 Å². The molecule has 0 bridgehead atoms. The summed E-state index contributed by atoms with van der Waals surface area (Å²) in [7, 11) is 1.51. The summed E-state index contributed by atoms with van der Waals surface area (Å²) in [5.74, 6) is -0.287. The minimum Gasteiger partial charge on any atom is -0.508 e. The van der Waals surface area contributed by atoms with Gasteiger partial charge in [-0.3, -0.25) is 4.79 Å². The first kappa shape index (κ1) is 14.2. The van der Waals surface area contributed by atoms with Gasteiger partial charge < -0.3 is 14.9 Å². The van der Waals surface area contributed by atoms with Crippen molar-refractivity contribution in [1.82, 2.24) is 0 Å². The molecule has 2 N–H and O–H groups in total. The van der Waals surface area contributed by atoms with E-state index in [0.29, 0.717) is 18.1 Å². The smallest absolute Gasteiger partial charge is 0.338 e. The molecule has 0 fully saturated rings. The Morgan fingerprint density at radius 2 is 1.75 bits per heavy atom. The van der Waals surface area contributed by atoms with E-state index in [2.05, 4.69) is 0 Å². The highest BCUT2D eigenvalue weighted by molar-refractivity contribution is 6.68. The Hall–Kier alpha value is -2.27. The van der Waals surface area contributed by atoms with E-state index in [1.807, 2.05) is 30.3 Å². The summed E-state index contributed by atoms with van der Waals surface area (Å²) >= 11 is 0. The van der Waals surface area contributed by atoms with E-state index in [1.54, 1.807) is 0 Å². The highest BCUT2D eigenvalue weighted by atomic mass is 16.4. The fourth-order valence-electron chi connectivity index (χ4n) is 2.17. The molecule has 0 saturated carbocycles. The lowest BCUT2D eigenvalue weighted by atomic mass is 9.56. The van der Waals surface area contributed by atoms with E-state index in [9.17, 15) is 15.0 Å². The molecule has 102 valence electrons. The maximum atomic E-state index is 10.7. The first-order valence-electron chi connectivity index (χ1n) is 6.23. The fraction of sp³-hybridized carbons (Fsp3) is 0.133. The second-order valence-electron chi connectivity index (χ2n) is 4.50. The van der Waals surface area contributed by atoms with Gasteiger partial charge >= 0.3 is 6.92 Å². The van der Waals surface area contributed by atoms with Gasteiger partial charge in [0.15, 0.2) is 0 Å². The molecule has 4 nitrogen and oxygen atoms in total. The van der Waals surface area contributed by atoms with E-state index in [1.165, 1.54) is 19.2 Å². The monoisotopic (exact) mass is 270 g/mol. The summed E-state index contributed by atoms with van der Waals surface area (Å²) in [5.41, 5.74) is 1.54. The largest absolute Gasteiger partial charge is 0.508 e. The maximum absolute atomic E-state index is 10.7. The Morgan fingerprint density at radius 3 is 2.25 bits per heavy atom. The Kier molecular flexibility index (Phi) is 4.43. The Balaban J connectivity index is 2.35. The SMILES string of the molecule is COB(Cc1ccccc1)c1c(O)cc(C=O)cc1O. The normalized spacial score (nSPS) is 10.2. The number of phenolic OH excluding ortho intramolecular Hbond substituents is 2. The van der Waals surface area contributed by atoms with Crippen molar-refractivity contribution in [2.75, 3.05) is 7.11 Å². The van der Waals surface area contributed by atoms with Crippen LogP contribution in [0.1, 0.15) is 15.9 Å². The van der Waals surface area contributed by atoms with E-state index in [0.717, 1.165) is 5.56 Å². The van der Waals surface area contributed by atoms with Crippen molar-refractivity contribution in [3.05, 3.63) is 53.6 Å². The number of phenols is 2. The van der Waals surface area contributed by atoms with Gasteiger partial charge in [-0.15, -0.1) is 0 Å². The molecule has 2 rings (SSSR count). The van der Waals surface area contributed by atoms with Crippen molar-refractivity contribution >= 4 is 18.7 Å². The van der Waals surface area contributed by atoms with Crippen LogP contribution in [0.5, 0.6) is 11.5 Å². The lowest BCUT2D eigenvalue weighted by molar-refractivity contribution is 0.112. The van der Waals surface area contributed by atoms with E-state index in [-0.39, 0.29) is 17.1 Å². The van der Waals surface area contributed by atoms with E-state index in [4.69, 9.17) is 4.65 Å². The molecule has 0 spiro atoms. The molecule has 5 heteroatoms. The van der Waals surface area contributed by atoms with Crippen LogP contribution in [0.15, 0.2) is 42.5 Å². The van der Waals surface area contributed by atoms with Gasteiger partial charge in [0, 0.05) is 18.1 Å². The third-order valence-corrected chi connectivity index (χ3v) is 3.17. The van der Waals surface area contributed by atoms with Gasteiger partial charge in [-0.2, -0.15) is 0 Å². The summed E-state index contributed by atoms with van der Waals surface area (Å²) < 4.78 is 5.37. The van der Waals surface area contributed by atoms with Gasteiger partial charge in [-0.05, 0) is 18.5 Å². The van der Waals surface area contributed by atoms with Crippen molar-refractivity contribution in [3.8, 4) is 11.5 Å². The predicted octanol–water partition coefficient (Wildman–Crippen LogP) is 1.54. The number of aromatic hydroxyl groups is 2. The predicted molar refractivity (Wildman–Crippen MR) is 77.7 cm³/mol. The molecule has 0 aliphatic heterocycles. The Labute approximate surface area is 117 Å². The Bertz CT molecular complexity index is 575. The van der Waals surface area contributed by atoms with Gasteiger partial charge in [-0.1, -0.05) is 35.9 Å². The first-order valence-corrected chi connectivity index (χ1v) is 6.23. The molecule has 0 amide bonds. The molecule has 0 aromatic heterocycles. The lowest BCUT2D eigenvalue weighted by Crippen LogP contribution is -2.35. The van der Waals surface area contributed by atoms with Crippen molar-refractivity contribution in [2.24, 2.45) is 0 Å². The van der Waals surface area contributed by atoms with Crippen LogP contribution in [0, 0.1) is 0 Å². The molecular formula is C15H15BO4. The quantitative estimate of drug-likeness (QED) is 0.638. The number of hydrogen-bond donors (Lipinski definition) is 2. The number of aldehydes is 1. The number of carbonyl (C=O) groups is 1. The van der Waals surface area contributed by atoms with Crippen LogP contribution in [-0.4, -0.2) is 30.5 Å². The standard InChI is InChI=1S/C15H15BO4/c1-20-16(9-11-5-3-2-4-6-11)15-13(18)7-12(10-17)8-14(15)19/h2-8,10,18-19H,9H2,1H3. The Morgan fingerprint density at radius 1 is 1.15 bits per heavy atom. The summed E-state index contributed by atoms with van der Waals surface area (Å²) in [6.45, 7) is -0.488. The van der Waals surface area contributed by atoms with Crippen LogP contribution in [0.3, 0.4) is 0 Å². The number of rotatable bonds is 5. The zero-order chi connectivity index (χ0) is 14.5. The molecule has 0 unspecified atom stereocenters. The molecular weight excluding hydrogens is 255 g/mol. The minimum atomic E-state index is -0.488. The van der Waals surface area contributed by atoms with E-state index >= 15 is 0 Å². The summed E-state index contributed by atoms with van der Waals surface area (Å²) in [6.07, 6.45) is 1.08. The van der Waals surface area contributed by atoms with Crippen molar-refractivity contribution in [3.63, 3.8) is 0 Å². The fourth-order valence-corrected chi connectivity index (χ4v) is 2.17. The van der Waals surface area contributed by atoms with Gasteiger partial charge in [0.2, 0.25) is 0 Å². The zero-order valence-electron chi connectivity index (χ0n) is 11.1. The second kappa shape index (κ2) is 6.26. The molecule has 2 aromatic carbocycles.